The number of phenols is 1. The van der Waals surface area contributed by atoms with Gasteiger partial charge in [-0.05, 0) is 24.6 Å². The number of amides is 1. The predicted octanol–water partition coefficient (Wildman–Crippen LogP) is 1.11. The first kappa shape index (κ1) is 14.6. The number of benzene rings is 1. The van der Waals surface area contributed by atoms with Crippen LogP contribution in [0.3, 0.4) is 0 Å². The monoisotopic (exact) mass is 290 g/mol. The highest BCUT2D eigenvalue weighted by Crippen LogP contribution is 2.12. The second-order valence-corrected chi connectivity index (χ2v) is 4.50. The van der Waals surface area contributed by atoms with Crippen molar-refractivity contribution in [3.05, 3.63) is 47.7 Å². The molecule has 1 atom stereocenters. The van der Waals surface area contributed by atoms with E-state index in [1.165, 1.54) is 12.1 Å². The minimum atomic E-state index is -1.16. The Morgan fingerprint density at radius 3 is 2.52 bits per heavy atom. The zero-order chi connectivity index (χ0) is 15.4. The van der Waals surface area contributed by atoms with Crippen LogP contribution < -0.4 is 5.32 Å². The van der Waals surface area contributed by atoms with Gasteiger partial charge < -0.3 is 19.9 Å². The maximum atomic E-state index is 11.9. The summed E-state index contributed by atoms with van der Waals surface area (Å²) in [6.45, 7) is 1.59. The van der Waals surface area contributed by atoms with Crippen LogP contribution in [0.5, 0.6) is 5.75 Å². The predicted molar refractivity (Wildman–Crippen MR) is 71.9 cm³/mol. The number of aromatic nitrogens is 1. The van der Waals surface area contributed by atoms with Crippen LogP contribution in [-0.2, 0) is 11.2 Å². The van der Waals surface area contributed by atoms with E-state index < -0.39 is 17.9 Å². The van der Waals surface area contributed by atoms with Crippen LogP contribution in [-0.4, -0.2) is 33.1 Å². The number of aryl methyl sites for hydroxylation is 1. The van der Waals surface area contributed by atoms with Crippen molar-refractivity contribution in [3.63, 3.8) is 0 Å². The van der Waals surface area contributed by atoms with Crippen molar-refractivity contribution >= 4 is 11.9 Å². The number of nitrogens with zero attached hydrogens (tertiary/aromatic N) is 1. The zero-order valence-corrected chi connectivity index (χ0v) is 11.2. The molecule has 3 N–H and O–H groups in total. The number of hydrogen-bond donors (Lipinski definition) is 3. The third kappa shape index (κ3) is 3.59. The van der Waals surface area contributed by atoms with Gasteiger partial charge in [0.05, 0.1) is 5.69 Å². The van der Waals surface area contributed by atoms with Crippen molar-refractivity contribution in [2.45, 2.75) is 19.4 Å². The molecule has 0 aliphatic rings. The van der Waals surface area contributed by atoms with E-state index in [9.17, 15) is 19.8 Å². The number of hydrogen-bond acceptors (Lipinski definition) is 5. The van der Waals surface area contributed by atoms with Gasteiger partial charge in [0.2, 0.25) is 5.76 Å². The standard InChI is InChI=1S/C14H14N2O5/c1-8-12(21-7-15-8)13(18)16-11(14(19)20)6-9-2-4-10(17)5-3-9/h2-5,7,11,17H,6H2,1H3,(H,16,18)(H,19,20)/t11-/m0/s1. The lowest BCUT2D eigenvalue weighted by Crippen LogP contribution is -2.42. The maximum absolute atomic E-state index is 11.9. The second kappa shape index (κ2) is 6.08. The average molecular weight is 290 g/mol. The summed E-state index contributed by atoms with van der Waals surface area (Å²) in [6.07, 6.45) is 1.22. The average Bonchev–Trinajstić information content (AvgIpc) is 2.86. The van der Waals surface area contributed by atoms with E-state index >= 15 is 0 Å². The highest BCUT2D eigenvalue weighted by atomic mass is 16.4. The van der Waals surface area contributed by atoms with Crippen LogP contribution in [0.1, 0.15) is 21.8 Å². The van der Waals surface area contributed by atoms with Gasteiger partial charge in [-0.3, -0.25) is 4.79 Å². The fraction of sp³-hybridized carbons (Fsp3) is 0.214. The summed E-state index contributed by atoms with van der Waals surface area (Å²) >= 11 is 0. The van der Waals surface area contributed by atoms with Gasteiger partial charge in [-0.1, -0.05) is 12.1 Å². The molecule has 1 heterocycles. The molecule has 0 saturated heterocycles. The first-order chi connectivity index (χ1) is 9.97. The lowest BCUT2D eigenvalue weighted by atomic mass is 10.1. The summed E-state index contributed by atoms with van der Waals surface area (Å²) in [4.78, 5) is 27.0. The third-order valence-electron chi connectivity index (χ3n) is 2.93. The van der Waals surface area contributed by atoms with E-state index in [0.29, 0.717) is 11.3 Å². The number of carbonyl (C=O) groups is 2. The van der Waals surface area contributed by atoms with Crippen LogP contribution in [0.4, 0.5) is 0 Å². The number of carbonyl (C=O) groups excluding carboxylic acids is 1. The van der Waals surface area contributed by atoms with Crippen molar-refractivity contribution in [3.8, 4) is 5.75 Å². The number of aliphatic carboxylic acids is 1. The summed E-state index contributed by atoms with van der Waals surface area (Å²) in [5.41, 5.74) is 1.07. The molecule has 110 valence electrons. The maximum Gasteiger partial charge on any atom is 0.326 e. The molecule has 0 aliphatic heterocycles. The Bertz CT molecular complexity index is 648. The smallest absolute Gasteiger partial charge is 0.326 e. The van der Waals surface area contributed by atoms with Crippen LogP contribution in [0.2, 0.25) is 0 Å². The molecule has 0 spiro atoms. The molecule has 7 nitrogen and oxygen atoms in total. The number of carboxylic acids is 1. The number of phenolic OH excluding ortho intramolecular Hbond substituents is 1. The molecule has 1 aromatic carbocycles. The molecular weight excluding hydrogens is 276 g/mol. The zero-order valence-electron chi connectivity index (χ0n) is 11.2. The number of rotatable bonds is 5. The fourth-order valence-corrected chi connectivity index (χ4v) is 1.81. The fourth-order valence-electron chi connectivity index (χ4n) is 1.81. The van der Waals surface area contributed by atoms with E-state index in [2.05, 4.69) is 10.3 Å². The van der Waals surface area contributed by atoms with Crippen LogP contribution in [0.15, 0.2) is 35.1 Å². The minimum absolute atomic E-state index is 0.00745. The molecule has 1 aromatic heterocycles. The van der Waals surface area contributed by atoms with Gasteiger partial charge in [0.25, 0.3) is 5.91 Å². The van der Waals surface area contributed by atoms with Gasteiger partial charge in [-0.2, -0.15) is 0 Å². The normalized spacial score (nSPS) is 11.9. The summed E-state index contributed by atoms with van der Waals surface area (Å²) in [7, 11) is 0. The molecule has 0 radical (unpaired) electrons. The second-order valence-electron chi connectivity index (χ2n) is 4.50. The Balaban J connectivity index is 2.09. The van der Waals surface area contributed by atoms with E-state index in [1.54, 1.807) is 19.1 Å². The summed E-state index contributed by atoms with van der Waals surface area (Å²) in [6, 6.07) is 4.99. The molecule has 0 aliphatic carbocycles. The van der Waals surface area contributed by atoms with Crippen molar-refractivity contribution < 1.29 is 24.2 Å². The molecule has 0 bridgehead atoms. The third-order valence-corrected chi connectivity index (χ3v) is 2.93. The van der Waals surface area contributed by atoms with Crippen molar-refractivity contribution in [1.29, 1.82) is 0 Å². The Hall–Kier alpha value is -2.83. The molecule has 2 rings (SSSR count). The lowest BCUT2D eigenvalue weighted by molar-refractivity contribution is -0.139. The Labute approximate surface area is 120 Å². The Kier molecular flexibility index (Phi) is 4.22. The Morgan fingerprint density at radius 2 is 2.00 bits per heavy atom. The first-order valence-corrected chi connectivity index (χ1v) is 6.19. The van der Waals surface area contributed by atoms with E-state index in [0.717, 1.165) is 6.39 Å². The first-order valence-electron chi connectivity index (χ1n) is 6.19. The summed E-state index contributed by atoms with van der Waals surface area (Å²) in [5.74, 6) is -1.70. The quantitative estimate of drug-likeness (QED) is 0.760. The highest BCUT2D eigenvalue weighted by Gasteiger charge is 2.23. The van der Waals surface area contributed by atoms with E-state index in [4.69, 9.17) is 4.42 Å². The topological polar surface area (TPSA) is 113 Å². The molecule has 7 heteroatoms. The van der Waals surface area contributed by atoms with Gasteiger partial charge in [-0.15, -0.1) is 0 Å². The van der Waals surface area contributed by atoms with E-state index in [1.807, 2.05) is 0 Å². The van der Waals surface area contributed by atoms with Gasteiger partial charge >= 0.3 is 5.97 Å². The van der Waals surface area contributed by atoms with Gasteiger partial charge in [-0.25, -0.2) is 9.78 Å². The molecule has 0 saturated carbocycles. The minimum Gasteiger partial charge on any atom is -0.508 e. The summed E-state index contributed by atoms with van der Waals surface area (Å²) < 4.78 is 4.92. The number of oxazole rings is 1. The molecule has 2 aromatic rings. The number of carboxylic acid groups (broad SMARTS) is 1. The SMILES string of the molecule is Cc1ncoc1C(=O)N[C@@H](Cc1ccc(O)cc1)C(=O)O. The Morgan fingerprint density at radius 1 is 1.33 bits per heavy atom. The van der Waals surface area contributed by atoms with Crippen molar-refractivity contribution in [2.24, 2.45) is 0 Å². The van der Waals surface area contributed by atoms with Crippen LogP contribution in [0, 0.1) is 6.92 Å². The van der Waals surface area contributed by atoms with Gasteiger partial charge in [0.15, 0.2) is 6.39 Å². The van der Waals surface area contributed by atoms with Gasteiger partial charge in [0, 0.05) is 6.42 Å². The number of nitrogens with one attached hydrogen (secondary N) is 1. The highest BCUT2D eigenvalue weighted by molar-refractivity contribution is 5.95. The molecule has 0 fully saturated rings. The number of aromatic hydroxyl groups is 1. The largest absolute Gasteiger partial charge is 0.508 e. The summed E-state index contributed by atoms with van der Waals surface area (Å²) in [5, 5.41) is 20.8. The van der Waals surface area contributed by atoms with Crippen LogP contribution >= 0.6 is 0 Å². The molecule has 1 amide bonds. The van der Waals surface area contributed by atoms with Gasteiger partial charge in [0.1, 0.15) is 11.8 Å². The molecular formula is C14H14N2O5. The van der Waals surface area contributed by atoms with Crippen LogP contribution in [0.25, 0.3) is 0 Å². The van der Waals surface area contributed by atoms with Crippen molar-refractivity contribution in [2.75, 3.05) is 0 Å². The molecule has 0 unspecified atom stereocenters. The lowest BCUT2D eigenvalue weighted by Gasteiger charge is -2.14. The van der Waals surface area contributed by atoms with Crippen molar-refractivity contribution in [1.82, 2.24) is 10.3 Å². The molecule has 21 heavy (non-hydrogen) atoms. The van der Waals surface area contributed by atoms with E-state index in [-0.39, 0.29) is 17.9 Å².